The first-order chi connectivity index (χ1) is 13.8. The van der Waals surface area contributed by atoms with Crippen LogP contribution >= 0.6 is 0 Å². The number of fused-ring (bicyclic) bond motifs is 1. The predicted molar refractivity (Wildman–Crippen MR) is 103 cm³/mol. The molecule has 0 saturated heterocycles. The summed E-state index contributed by atoms with van der Waals surface area (Å²) in [7, 11) is -3.91. The van der Waals surface area contributed by atoms with E-state index in [-0.39, 0.29) is 17.2 Å². The summed E-state index contributed by atoms with van der Waals surface area (Å²) in [6.45, 7) is 0.370. The Bertz CT molecular complexity index is 1020. The lowest BCUT2D eigenvalue weighted by molar-refractivity contribution is -0.137. The summed E-state index contributed by atoms with van der Waals surface area (Å²) in [4.78, 5) is 24.8. The highest BCUT2D eigenvalue weighted by Crippen LogP contribution is 2.24. The SMILES string of the molecule is O=C(O)CCc1cccc2c1CCN(C(=O)CNS(=O)(=O)c1ccc(F)cc1)C2. The van der Waals surface area contributed by atoms with Crippen LogP contribution in [0.15, 0.2) is 47.4 Å². The van der Waals surface area contributed by atoms with Gasteiger partial charge in [-0.3, -0.25) is 9.59 Å². The maximum absolute atomic E-state index is 13.0. The first-order valence-corrected chi connectivity index (χ1v) is 10.6. The van der Waals surface area contributed by atoms with Crippen LogP contribution in [0.3, 0.4) is 0 Å². The van der Waals surface area contributed by atoms with Gasteiger partial charge in [0, 0.05) is 19.5 Å². The molecule has 0 bridgehead atoms. The van der Waals surface area contributed by atoms with Crippen LogP contribution in [0.5, 0.6) is 0 Å². The molecule has 2 N–H and O–H groups in total. The van der Waals surface area contributed by atoms with Gasteiger partial charge in [-0.1, -0.05) is 18.2 Å². The zero-order valence-electron chi connectivity index (χ0n) is 15.6. The molecule has 1 aliphatic rings. The Hall–Kier alpha value is -2.78. The molecule has 7 nitrogen and oxygen atoms in total. The average Bonchev–Trinajstić information content (AvgIpc) is 2.70. The highest BCUT2D eigenvalue weighted by molar-refractivity contribution is 7.89. The molecule has 0 fully saturated rings. The molecule has 3 rings (SSSR count). The van der Waals surface area contributed by atoms with Crippen molar-refractivity contribution in [1.29, 1.82) is 0 Å². The van der Waals surface area contributed by atoms with Crippen LogP contribution in [-0.4, -0.2) is 43.4 Å². The monoisotopic (exact) mass is 420 g/mol. The Morgan fingerprint density at radius 1 is 1.14 bits per heavy atom. The van der Waals surface area contributed by atoms with Crippen LogP contribution < -0.4 is 4.72 Å². The number of nitrogens with zero attached hydrogens (tertiary/aromatic N) is 1. The normalized spacial score (nSPS) is 13.8. The molecular formula is C20H21FN2O5S. The molecule has 0 atom stereocenters. The number of aryl methyl sites for hydroxylation is 1. The second kappa shape index (κ2) is 8.71. The Labute approximate surface area is 168 Å². The van der Waals surface area contributed by atoms with Gasteiger partial charge in [0.25, 0.3) is 0 Å². The third kappa shape index (κ3) is 5.18. The molecule has 1 aliphatic heterocycles. The van der Waals surface area contributed by atoms with Gasteiger partial charge in [-0.15, -0.1) is 0 Å². The Balaban J connectivity index is 1.63. The summed E-state index contributed by atoms with van der Waals surface area (Å²) in [5, 5.41) is 8.89. The highest BCUT2D eigenvalue weighted by atomic mass is 32.2. The lowest BCUT2D eigenvalue weighted by atomic mass is 9.92. The van der Waals surface area contributed by atoms with Crippen LogP contribution in [0, 0.1) is 5.82 Å². The van der Waals surface area contributed by atoms with Crippen LogP contribution in [0.25, 0.3) is 0 Å². The molecular weight excluding hydrogens is 399 g/mol. The minimum absolute atomic E-state index is 0.0459. The zero-order valence-corrected chi connectivity index (χ0v) is 16.4. The lowest BCUT2D eigenvalue weighted by Gasteiger charge is -2.30. The van der Waals surface area contributed by atoms with Crippen LogP contribution in [0.4, 0.5) is 4.39 Å². The molecule has 2 aromatic carbocycles. The van der Waals surface area contributed by atoms with E-state index in [1.54, 1.807) is 4.90 Å². The van der Waals surface area contributed by atoms with Crippen molar-refractivity contribution >= 4 is 21.9 Å². The van der Waals surface area contributed by atoms with Crippen LogP contribution in [-0.2, 0) is 39.0 Å². The first-order valence-electron chi connectivity index (χ1n) is 9.11. The van der Waals surface area contributed by atoms with Gasteiger partial charge in [-0.25, -0.2) is 17.5 Å². The molecule has 1 heterocycles. The topological polar surface area (TPSA) is 104 Å². The van der Waals surface area contributed by atoms with Crippen molar-refractivity contribution in [3.05, 3.63) is 65.0 Å². The van der Waals surface area contributed by atoms with Crippen LogP contribution in [0.2, 0.25) is 0 Å². The van der Waals surface area contributed by atoms with Gasteiger partial charge < -0.3 is 10.0 Å². The standard InChI is InChI=1S/C20H21FN2O5S/c21-16-5-7-17(8-6-16)29(27,28)22-12-19(24)23-11-10-18-14(4-9-20(25)26)2-1-3-15(18)13-23/h1-3,5-8,22H,4,9-13H2,(H,25,26). The fourth-order valence-electron chi connectivity index (χ4n) is 3.34. The Morgan fingerprint density at radius 2 is 1.86 bits per heavy atom. The molecule has 0 spiro atoms. The quantitative estimate of drug-likeness (QED) is 0.710. The van der Waals surface area contributed by atoms with Crippen molar-refractivity contribution < 1.29 is 27.5 Å². The van der Waals surface area contributed by atoms with Gasteiger partial charge in [0.05, 0.1) is 11.4 Å². The number of nitrogens with one attached hydrogen (secondary N) is 1. The lowest BCUT2D eigenvalue weighted by Crippen LogP contribution is -2.42. The number of benzene rings is 2. The molecule has 0 aliphatic carbocycles. The summed E-state index contributed by atoms with van der Waals surface area (Å²) in [5.74, 6) is -1.77. The predicted octanol–water partition coefficient (Wildman–Crippen LogP) is 1.71. The summed E-state index contributed by atoms with van der Waals surface area (Å²) in [6, 6.07) is 9.98. The largest absolute Gasteiger partial charge is 0.481 e. The van der Waals surface area contributed by atoms with E-state index >= 15 is 0 Å². The van der Waals surface area contributed by atoms with Crippen molar-refractivity contribution in [2.75, 3.05) is 13.1 Å². The third-order valence-electron chi connectivity index (χ3n) is 4.86. The summed E-state index contributed by atoms with van der Waals surface area (Å²) < 4.78 is 39.7. The second-order valence-electron chi connectivity index (χ2n) is 6.79. The summed E-state index contributed by atoms with van der Waals surface area (Å²) in [5.41, 5.74) is 2.97. The minimum Gasteiger partial charge on any atom is -0.481 e. The van der Waals surface area contributed by atoms with E-state index in [1.807, 2.05) is 18.2 Å². The molecule has 29 heavy (non-hydrogen) atoms. The van der Waals surface area contributed by atoms with E-state index in [1.165, 1.54) is 0 Å². The molecule has 0 unspecified atom stereocenters. The number of aliphatic carboxylic acids is 1. The Morgan fingerprint density at radius 3 is 2.55 bits per heavy atom. The third-order valence-corrected chi connectivity index (χ3v) is 6.28. The minimum atomic E-state index is -3.91. The number of hydrogen-bond acceptors (Lipinski definition) is 4. The molecule has 0 aromatic heterocycles. The molecule has 2 aromatic rings. The number of carboxylic acids is 1. The van der Waals surface area contributed by atoms with Crippen molar-refractivity contribution in [3.8, 4) is 0 Å². The van der Waals surface area contributed by atoms with Gasteiger partial charge in [-0.05, 0) is 53.8 Å². The average molecular weight is 420 g/mol. The molecule has 9 heteroatoms. The van der Waals surface area contributed by atoms with Gasteiger partial charge >= 0.3 is 5.97 Å². The van der Waals surface area contributed by atoms with E-state index in [2.05, 4.69) is 4.72 Å². The van der Waals surface area contributed by atoms with Gasteiger partial charge in [0.2, 0.25) is 15.9 Å². The van der Waals surface area contributed by atoms with Gasteiger partial charge in [-0.2, -0.15) is 0 Å². The maximum Gasteiger partial charge on any atom is 0.303 e. The maximum atomic E-state index is 13.0. The number of carbonyl (C=O) groups excluding carboxylic acids is 1. The molecule has 1 amide bonds. The second-order valence-corrected chi connectivity index (χ2v) is 8.56. The van der Waals surface area contributed by atoms with E-state index in [4.69, 9.17) is 5.11 Å². The van der Waals surface area contributed by atoms with Crippen molar-refractivity contribution in [2.24, 2.45) is 0 Å². The smallest absolute Gasteiger partial charge is 0.303 e. The molecule has 154 valence electrons. The summed E-state index contributed by atoms with van der Waals surface area (Å²) in [6.07, 6.45) is 1.07. The number of amides is 1. The number of sulfonamides is 1. The fraction of sp³-hybridized carbons (Fsp3) is 0.300. The zero-order chi connectivity index (χ0) is 21.0. The van der Waals surface area contributed by atoms with E-state index < -0.39 is 28.4 Å². The number of halogens is 1. The van der Waals surface area contributed by atoms with Crippen molar-refractivity contribution in [1.82, 2.24) is 9.62 Å². The summed E-state index contributed by atoms with van der Waals surface area (Å²) >= 11 is 0. The first kappa shape index (κ1) is 20.9. The van der Waals surface area contributed by atoms with Gasteiger partial charge in [0.1, 0.15) is 5.82 Å². The van der Waals surface area contributed by atoms with Gasteiger partial charge in [0.15, 0.2) is 0 Å². The Kier molecular flexibility index (Phi) is 6.29. The van der Waals surface area contributed by atoms with E-state index in [9.17, 15) is 22.4 Å². The van der Waals surface area contributed by atoms with E-state index in [0.29, 0.717) is 25.9 Å². The molecule has 0 saturated carbocycles. The van der Waals surface area contributed by atoms with Crippen LogP contribution in [0.1, 0.15) is 23.1 Å². The number of carboxylic acid groups (broad SMARTS) is 1. The number of carbonyl (C=O) groups is 2. The van der Waals surface area contributed by atoms with Crippen molar-refractivity contribution in [2.45, 2.75) is 30.7 Å². The number of hydrogen-bond donors (Lipinski definition) is 2. The fourth-order valence-corrected chi connectivity index (χ4v) is 4.32. The van der Waals surface area contributed by atoms with Crippen molar-refractivity contribution in [3.63, 3.8) is 0 Å². The molecule has 0 radical (unpaired) electrons. The number of rotatable bonds is 7. The highest BCUT2D eigenvalue weighted by Gasteiger charge is 2.24. The van der Waals surface area contributed by atoms with E-state index in [0.717, 1.165) is 41.0 Å².